The first-order chi connectivity index (χ1) is 20.0. The highest BCUT2D eigenvalue weighted by molar-refractivity contribution is 5.98. The second-order valence-corrected chi connectivity index (χ2v) is 12.8. The van der Waals surface area contributed by atoms with Crippen molar-refractivity contribution in [2.24, 2.45) is 5.92 Å². The van der Waals surface area contributed by atoms with Gasteiger partial charge in [0.2, 0.25) is 5.91 Å². The van der Waals surface area contributed by atoms with Gasteiger partial charge in [-0.05, 0) is 78.5 Å². The van der Waals surface area contributed by atoms with Gasteiger partial charge < -0.3 is 15.1 Å². The third-order valence-corrected chi connectivity index (χ3v) is 8.70. The Bertz CT molecular complexity index is 1450. The molecule has 220 valence electrons. The predicted octanol–water partition coefficient (Wildman–Crippen LogP) is 7.77. The first-order valence-corrected chi connectivity index (χ1v) is 15.0. The van der Waals surface area contributed by atoms with Crippen molar-refractivity contribution in [2.45, 2.75) is 71.4 Å². The van der Waals surface area contributed by atoms with E-state index in [-0.39, 0.29) is 22.8 Å². The largest absolute Gasteiger partial charge is 0.371 e. The van der Waals surface area contributed by atoms with Crippen molar-refractivity contribution in [3.05, 3.63) is 113 Å². The van der Waals surface area contributed by atoms with E-state index in [1.165, 1.54) is 6.07 Å². The summed E-state index contributed by atoms with van der Waals surface area (Å²) in [6.07, 6.45) is 3.44. The highest BCUT2D eigenvalue weighted by atomic mass is 19.1. The van der Waals surface area contributed by atoms with Crippen molar-refractivity contribution in [1.29, 1.82) is 0 Å². The van der Waals surface area contributed by atoms with Gasteiger partial charge in [0.25, 0.3) is 5.91 Å². The van der Waals surface area contributed by atoms with Crippen molar-refractivity contribution >= 4 is 17.5 Å². The summed E-state index contributed by atoms with van der Waals surface area (Å²) in [4.78, 5) is 31.9. The van der Waals surface area contributed by atoms with E-state index in [0.717, 1.165) is 54.0 Å². The quantitative estimate of drug-likeness (QED) is 0.331. The molecule has 2 aliphatic heterocycles. The monoisotopic (exact) mass is 567 g/mol. The number of hydrogen-bond donors (Lipinski definition) is 1. The zero-order chi connectivity index (χ0) is 30.0. The molecule has 0 unspecified atom stereocenters. The van der Waals surface area contributed by atoms with Crippen LogP contribution < -0.4 is 5.32 Å². The van der Waals surface area contributed by atoms with Gasteiger partial charge in [-0.25, -0.2) is 4.39 Å². The lowest BCUT2D eigenvalue weighted by Gasteiger charge is -2.41. The summed E-state index contributed by atoms with van der Waals surface area (Å²) < 4.78 is 15.0. The number of carbonyl (C=O) groups excluding carboxylic acids is 2. The third kappa shape index (κ3) is 6.28. The lowest BCUT2D eigenvalue weighted by molar-refractivity contribution is -0.123. The lowest BCUT2D eigenvalue weighted by Crippen LogP contribution is -2.46. The summed E-state index contributed by atoms with van der Waals surface area (Å²) in [7, 11) is 0. The minimum absolute atomic E-state index is 0.0574. The number of nitrogens with zero attached hydrogens (tertiary/aromatic N) is 2. The summed E-state index contributed by atoms with van der Waals surface area (Å²) in [5.41, 5.74) is 5.67. The van der Waals surface area contributed by atoms with Crippen LogP contribution in [0.3, 0.4) is 0 Å². The van der Waals surface area contributed by atoms with Crippen LogP contribution in [0.25, 0.3) is 0 Å². The number of likely N-dealkylation sites (tertiary alicyclic amines) is 2. The van der Waals surface area contributed by atoms with Crippen molar-refractivity contribution in [2.75, 3.05) is 18.4 Å². The Kier molecular flexibility index (Phi) is 8.53. The number of nitrogens with one attached hydrogen (secondary N) is 1. The molecule has 0 spiro atoms. The number of aryl methyl sites for hydroxylation is 1. The maximum absolute atomic E-state index is 15.0. The number of piperidine rings is 1. The third-order valence-electron chi connectivity index (χ3n) is 8.70. The molecule has 0 saturated carbocycles. The molecule has 5 rings (SSSR count). The van der Waals surface area contributed by atoms with Crippen LogP contribution in [0.2, 0.25) is 0 Å². The SMILES string of the molecule is C=C1CCCN1Cc1ccc([C@H]2[C@@H](C(=O)Nc3cccc(C(C)(C)C)c3)CCCN2C(=O)c2c(C)cccc2F)cc1. The van der Waals surface area contributed by atoms with E-state index in [4.69, 9.17) is 0 Å². The molecule has 6 heteroatoms. The second-order valence-electron chi connectivity index (χ2n) is 12.8. The van der Waals surface area contributed by atoms with Gasteiger partial charge in [-0.3, -0.25) is 9.59 Å². The number of benzene rings is 3. The van der Waals surface area contributed by atoms with Crippen LogP contribution in [0, 0.1) is 18.7 Å². The Labute approximate surface area is 249 Å². The van der Waals surface area contributed by atoms with Gasteiger partial charge in [-0.1, -0.05) is 75.9 Å². The molecule has 5 nitrogen and oxygen atoms in total. The summed E-state index contributed by atoms with van der Waals surface area (Å²) in [6.45, 7) is 14.6. The van der Waals surface area contributed by atoms with Gasteiger partial charge in [0, 0.05) is 31.0 Å². The maximum atomic E-state index is 15.0. The molecule has 2 fully saturated rings. The maximum Gasteiger partial charge on any atom is 0.257 e. The molecule has 3 aromatic rings. The number of allylic oxidation sites excluding steroid dienone is 1. The molecule has 0 aromatic heterocycles. The van der Waals surface area contributed by atoms with Crippen LogP contribution in [0.1, 0.15) is 85.1 Å². The van der Waals surface area contributed by atoms with E-state index in [9.17, 15) is 9.59 Å². The molecule has 2 aliphatic rings. The van der Waals surface area contributed by atoms with Crippen molar-refractivity contribution < 1.29 is 14.0 Å². The van der Waals surface area contributed by atoms with Crippen LogP contribution in [-0.2, 0) is 16.8 Å². The van der Waals surface area contributed by atoms with Gasteiger partial charge in [0.15, 0.2) is 0 Å². The fourth-order valence-corrected chi connectivity index (χ4v) is 6.28. The van der Waals surface area contributed by atoms with E-state index >= 15 is 4.39 Å². The summed E-state index contributed by atoms with van der Waals surface area (Å²) in [5, 5.41) is 3.14. The fraction of sp³-hybridized carbons (Fsp3) is 0.389. The fourth-order valence-electron chi connectivity index (χ4n) is 6.28. The van der Waals surface area contributed by atoms with Gasteiger partial charge >= 0.3 is 0 Å². The molecule has 1 N–H and O–H groups in total. The lowest BCUT2D eigenvalue weighted by atomic mass is 9.82. The molecular formula is C36H42FN3O2. The smallest absolute Gasteiger partial charge is 0.257 e. The van der Waals surface area contributed by atoms with E-state index in [1.54, 1.807) is 24.0 Å². The summed E-state index contributed by atoms with van der Waals surface area (Å²) in [6, 6.07) is 20.3. The number of amides is 2. The minimum Gasteiger partial charge on any atom is -0.371 e. The van der Waals surface area contributed by atoms with Gasteiger partial charge in [-0.2, -0.15) is 0 Å². The highest BCUT2D eigenvalue weighted by Gasteiger charge is 2.40. The van der Waals surface area contributed by atoms with Crippen LogP contribution in [0.4, 0.5) is 10.1 Å². The standard InChI is InChI=1S/C36H42FN3O2/c1-24-10-6-15-31(37)32(24)35(42)40-21-9-14-30(34(41)38-29-13-7-12-28(22-29)36(3,4)5)33(40)27-18-16-26(17-19-27)23-39-20-8-11-25(39)2/h6-7,10,12-13,15-19,22,30,33H,2,8-9,11,14,20-21,23H2,1,3-5H3,(H,38,41)/t30-,33-/m0/s1. The number of halogens is 1. The van der Waals surface area contributed by atoms with E-state index < -0.39 is 17.8 Å². The summed E-state index contributed by atoms with van der Waals surface area (Å²) >= 11 is 0. The number of hydrogen-bond acceptors (Lipinski definition) is 3. The zero-order valence-corrected chi connectivity index (χ0v) is 25.3. The Morgan fingerprint density at radius 1 is 1.00 bits per heavy atom. The molecule has 3 aromatic carbocycles. The van der Waals surface area contributed by atoms with Crippen LogP contribution in [-0.4, -0.2) is 34.7 Å². The van der Waals surface area contributed by atoms with E-state index in [1.807, 2.05) is 30.3 Å². The molecule has 2 atom stereocenters. The number of anilines is 1. The van der Waals surface area contributed by atoms with Crippen molar-refractivity contribution in [3.8, 4) is 0 Å². The molecule has 42 heavy (non-hydrogen) atoms. The molecule has 2 saturated heterocycles. The van der Waals surface area contributed by atoms with Crippen LogP contribution >= 0.6 is 0 Å². The van der Waals surface area contributed by atoms with Gasteiger partial charge in [0.1, 0.15) is 5.82 Å². The molecule has 2 amide bonds. The average molecular weight is 568 g/mol. The zero-order valence-electron chi connectivity index (χ0n) is 25.3. The van der Waals surface area contributed by atoms with E-state index in [2.05, 4.69) is 55.8 Å². The predicted molar refractivity (Wildman–Crippen MR) is 167 cm³/mol. The van der Waals surface area contributed by atoms with Gasteiger partial charge in [0.05, 0.1) is 17.5 Å². The molecule has 0 bridgehead atoms. The van der Waals surface area contributed by atoms with Crippen LogP contribution in [0.15, 0.2) is 79.0 Å². The number of rotatable bonds is 6. The second kappa shape index (κ2) is 12.1. The normalized spacial score (nSPS) is 19.2. The molecular weight excluding hydrogens is 525 g/mol. The highest BCUT2D eigenvalue weighted by Crippen LogP contribution is 2.39. The Hall–Kier alpha value is -3.93. The average Bonchev–Trinajstić information content (AvgIpc) is 3.36. The Balaban J connectivity index is 1.47. The minimum atomic E-state index is -0.537. The van der Waals surface area contributed by atoms with E-state index in [0.29, 0.717) is 24.9 Å². The topological polar surface area (TPSA) is 52.7 Å². The molecule has 0 radical (unpaired) electrons. The summed E-state index contributed by atoms with van der Waals surface area (Å²) in [5.74, 6) is -1.53. The van der Waals surface area contributed by atoms with Crippen molar-refractivity contribution in [3.63, 3.8) is 0 Å². The molecule has 0 aliphatic carbocycles. The van der Waals surface area contributed by atoms with Crippen molar-refractivity contribution in [1.82, 2.24) is 9.80 Å². The van der Waals surface area contributed by atoms with Gasteiger partial charge in [-0.15, -0.1) is 0 Å². The first-order valence-electron chi connectivity index (χ1n) is 15.0. The Morgan fingerprint density at radius 3 is 2.40 bits per heavy atom. The number of carbonyl (C=O) groups is 2. The first kappa shape index (κ1) is 29.6. The van der Waals surface area contributed by atoms with Crippen LogP contribution in [0.5, 0.6) is 0 Å². The Morgan fingerprint density at radius 2 is 1.74 bits per heavy atom. The molecule has 2 heterocycles.